The third-order valence-corrected chi connectivity index (χ3v) is 2.87. The van der Waals surface area contributed by atoms with Crippen molar-refractivity contribution < 1.29 is 9.13 Å². The van der Waals surface area contributed by atoms with Crippen LogP contribution in [0.3, 0.4) is 0 Å². The lowest BCUT2D eigenvalue weighted by atomic mass is 10.3. The first kappa shape index (κ1) is 12.1. The second-order valence-corrected chi connectivity index (χ2v) is 4.46. The predicted octanol–water partition coefficient (Wildman–Crippen LogP) is 4.01. The summed E-state index contributed by atoms with van der Waals surface area (Å²) in [6, 6.07) is 4.49. The molecule has 88 valence electrons. The molecule has 0 spiro atoms. The lowest BCUT2D eigenvalue weighted by Crippen LogP contribution is -1.96. The molecule has 2 rings (SSSR count). The van der Waals surface area contributed by atoms with Crippen LogP contribution in [-0.4, -0.2) is 4.98 Å². The molecule has 1 aromatic heterocycles. The first-order valence-electron chi connectivity index (χ1n) is 4.60. The number of nitrogens with zero attached hydrogens (tertiary/aromatic N) is 1. The van der Waals surface area contributed by atoms with Gasteiger partial charge in [-0.3, -0.25) is 4.98 Å². The first-order valence-corrected chi connectivity index (χ1v) is 5.77. The molecule has 6 heteroatoms. The zero-order valence-corrected chi connectivity index (χ0v) is 10.8. The van der Waals surface area contributed by atoms with Crippen LogP contribution in [0.1, 0.15) is 0 Å². The summed E-state index contributed by atoms with van der Waals surface area (Å²) in [4.78, 5) is 3.85. The van der Waals surface area contributed by atoms with Gasteiger partial charge in [-0.25, -0.2) is 4.39 Å². The zero-order chi connectivity index (χ0) is 12.4. The summed E-state index contributed by atoms with van der Waals surface area (Å²) in [5, 5.41) is -0.00810. The quantitative estimate of drug-likeness (QED) is 0.910. The Kier molecular flexibility index (Phi) is 3.49. The fraction of sp³-hybridized carbons (Fsp3) is 0. The number of pyridine rings is 1. The van der Waals surface area contributed by atoms with E-state index in [1.165, 1.54) is 24.5 Å². The van der Waals surface area contributed by atoms with Gasteiger partial charge in [-0.05, 0) is 28.1 Å². The Bertz CT molecular complexity index is 545. The molecule has 2 N–H and O–H groups in total. The highest BCUT2D eigenvalue weighted by Gasteiger charge is 2.12. The van der Waals surface area contributed by atoms with Crippen molar-refractivity contribution in [3.63, 3.8) is 0 Å². The molecule has 0 unspecified atom stereocenters. The van der Waals surface area contributed by atoms with Crippen LogP contribution in [0.4, 0.5) is 10.1 Å². The van der Waals surface area contributed by atoms with E-state index in [-0.39, 0.29) is 10.8 Å². The molecule has 0 radical (unpaired) electrons. The molecule has 1 heterocycles. The molecule has 0 aliphatic rings. The van der Waals surface area contributed by atoms with E-state index < -0.39 is 5.82 Å². The van der Waals surface area contributed by atoms with Crippen LogP contribution in [0.15, 0.2) is 35.1 Å². The fourth-order valence-electron chi connectivity index (χ4n) is 1.22. The van der Waals surface area contributed by atoms with Crippen LogP contribution in [0.25, 0.3) is 0 Å². The van der Waals surface area contributed by atoms with Crippen molar-refractivity contribution in [2.75, 3.05) is 5.73 Å². The van der Waals surface area contributed by atoms with Gasteiger partial charge >= 0.3 is 0 Å². The molecule has 0 saturated carbocycles. The maximum Gasteiger partial charge on any atom is 0.184 e. The van der Waals surface area contributed by atoms with Crippen molar-refractivity contribution in [3.8, 4) is 11.5 Å². The molecule has 17 heavy (non-hydrogen) atoms. The van der Waals surface area contributed by atoms with Gasteiger partial charge in [-0.2, -0.15) is 0 Å². The summed E-state index contributed by atoms with van der Waals surface area (Å²) in [6.45, 7) is 0. The molecule has 0 fully saturated rings. The highest BCUT2D eigenvalue weighted by molar-refractivity contribution is 9.10. The lowest BCUT2D eigenvalue weighted by molar-refractivity contribution is 0.441. The van der Waals surface area contributed by atoms with Crippen LogP contribution in [0.5, 0.6) is 11.5 Å². The van der Waals surface area contributed by atoms with Crippen molar-refractivity contribution >= 4 is 33.2 Å². The summed E-state index contributed by atoms with van der Waals surface area (Å²) in [5.41, 5.74) is 5.99. The number of halogens is 3. The van der Waals surface area contributed by atoms with E-state index in [4.69, 9.17) is 22.1 Å². The Hall–Kier alpha value is -1.33. The topological polar surface area (TPSA) is 48.1 Å². The molecule has 1 aromatic carbocycles. The van der Waals surface area contributed by atoms with Gasteiger partial charge in [0.1, 0.15) is 0 Å². The summed E-state index contributed by atoms with van der Waals surface area (Å²) >= 11 is 8.87. The Morgan fingerprint density at radius 3 is 2.82 bits per heavy atom. The van der Waals surface area contributed by atoms with E-state index >= 15 is 0 Å². The summed E-state index contributed by atoms with van der Waals surface area (Å²) < 4.78 is 19.5. The number of nitrogens with two attached hydrogens (primary N) is 1. The van der Waals surface area contributed by atoms with E-state index in [2.05, 4.69) is 20.9 Å². The minimum atomic E-state index is -0.628. The molecule has 0 saturated heterocycles. The summed E-state index contributed by atoms with van der Waals surface area (Å²) in [6.07, 6.45) is 2.93. The van der Waals surface area contributed by atoms with E-state index in [1.807, 2.05) is 0 Å². The molecule has 0 amide bonds. The van der Waals surface area contributed by atoms with Gasteiger partial charge in [0, 0.05) is 6.20 Å². The van der Waals surface area contributed by atoms with Gasteiger partial charge in [0.25, 0.3) is 0 Å². The average molecular weight is 318 g/mol. The van der Waals surface area contributed by atoms with E-state index in [1.54, 1.807) is 6.07 Å². The SMILES string of the molecule is Nc1cncc(Br)c1Oc1cccc(Cl)c1F. The standard InChI is InChI=1S/C11H7BrClFN2O/c12-6-4-16-5-8(15)11(6)17-9-3-1-2-7(13)10(9)14/h1-5H,15H2. The Morgan fingerprint density at radius 1 is 1.35 bits per heavy atom. The molecule has 2 aromatic rings. The number of ether oxygens (including phenoxy) is 1. The predicted molar refractivity (Wildman–Crippen MR) is 67.8 cm³/mol. The van der Waals surface area contributed by atoms with Gasteiger partial charge in [0.2, 0.25) is 0 Å². The average Bonchev–Trinajstić information content (AvgIpc) is 2.29. The van der Waals surface area contributed by atoms with Crippen molar-refractivity contribution in [1.29, 1.82) is 0 Å². The number of hydrogen-bond donors (Lipinski definition) is 1. The number of nitrogen functional groups attached to an aromatic ring is 1. The highest BCUT2D eigenvalue weighted by atomic mass is 79.9. The minimum Gasteiger partial charge on any atom is -0.451 e. The van der Waals surface area contributed by atoms with Crippen LogP contribution in [0, 0.1) is 5.82 Å². The van der Waals surface area contributed by atoms with E-state index in [9.17, 15) is 4.39 Å². The largest absolute Gasteiger partial charge is 0.451 e. The van der Waals surface area contributed by atoms with Gasteiger partial charge < -0.3 is 10.5 Å². The molecular formula is C11H7BrClFN2O. The normalized spacial score (nSPS) is 10.3. The first-order chi connectivity index (χ1) is 8.09. The molecule has 0 atom stereocenters. The van der Waals surface area contributed by atoms with Crippen molar-refractivity contribution in [3.05, 3.63) is 45.9 Å². The third-order valence-electron chi connectivity index (χ3n) is 2.01. The summed E-state index contributed by atoms with van der Waals surface area (Å²) in [5.74, 6) is -0.311. The smallest absolute Gasteiger partial charge is 0.184 e. The fourth-order valence-corrected chi connectivity index (χ4v) is 1.81. The number of hydrogen-bond acceptors (Lipinski definition) is 3. The van der Waals surface area contributed by atoms with Crippen LogP contribution in [0.2, 0.25) is 5.02 Å². The number of rotatable bonds is 2. The van der Waals surface area contributed by atoms with Gasteiger partial charge in [-0.15, -0.1) is 0 Å². The van der Waals surface area contributed by atoms with Crippen LogP contribution >= 0.6 is 27.5 Å². The van der Waals surface area contributed by atoms with E-state index in [0.29, 0.717) is 15.9 Å². The molecule has 0 bridgehead atoms. The maximum absolute atomic E-state index is 13.6. The maximum atomic E-state index is 13.6. The monoisotopic (exact) mass is 316 g/mol. The Labute approximate surface area is 110 Å². The van der Waals surface area contributed by atoms with Gasteiger partial charge in [0.05, 0.1) is 21.4 Å². The van der Waals surface area contributed by atoms with Crippen LogP contribution in [-0.2, 0) is 0 Å². The van der Waals surface area contributed by atoms with Crippen molar-refractivity contribution in [1.82, 2.24) is 4.98 Å². The second-order valence-electron chi connectivity index (χ2n) is 3.19. The Balaban J connectivity index is 2.42. The van der Waals surface area contributed by atoms with E-state index in [0.717, 1.165) is 0 Å². The third kappa shape index (κ3) is 2.50. The molecule has 3 nitrogen and oxygen atoms in total. The Morgan fingerprint density at radius 2 is 2.12 bits per heavy atom. The molecule has 0 aliphatic carbocycles. The molecular weight excluding hydrogens is 310 g/mol. The zero-order valence-electron chi connectivity index (χ0n) is 8.45. The molecule has 0 aliphatic heterocycles. The van der Waals surface area contributed by atoms with Crippen LogP contribution < -0.4 is 10.5 Å². The second kappa shape index (κ2) is 4.89. The number of benzene rings is 1. The lowest BCUT2D eigenvalue weighted by Gasteiger charge is -2.10. The minimum absolute atomic E-state index is 0.00810. The van der Waals surface area contributed by atoms with Gasteiger partial charge in [0.15, 0.2) is 17.3 Å². The summed E-state index contributed by atoms with van der Waals surface area (Å²) in [7, 11) is 0. The number of aromatic nitrogens is 1. The highest BCUT2D eigenvalue weighted by Crippen LogP contribution is 2.36. The van der Waals surface area contributed by atoms with Crippen molar-refractivity contribution in [2.24, 2.45) is 0 Å². The van der Waals surface area contributed by atoms with Gasteiger partial charge in [-0.1, -0.05) is 17.7 Å². The van der Waals surface area contributed by atoms with Crippen molar-refractivity contribution in [2.45, 2.75) is 0 Å². The number of anilines is 1.